The average molecular weight is 150 g/mol. The van der Waals surface area contributed by atoms with Crippen LogP contribution >= 0.6 is 0 Å². The summed E-state index contributed by atoms with van der Waals surface area (Å²) >= 11 is 0. The Labute approximate surface area is 63.4 Å². The number of aromatic nitrogens is 2. The van der Waals surface area contributed by atoms with Gasteiger partial charge in [-0.15, -0.1) is 0 Å². The van der Waals surface area contributed by atoms with Gasteiger partial charge in [0.1, 0.15) is 6.07 Å². The highest BCUT2D eigenvalue weighted by atomic mass is 16.5. The molecule has 1 aromatic heterocycles. The third-order valence-corrected chi connectivity index (χ3v) is 1.01. The second kappa shape index (κ2) is 3.37. The lowest BCUT2D eigenvalue weighted by atomic mass is 10.5. The first-order valence-electron chi connectivity index (χ1n) is 2.87. The van der Waals surface area contributed by atoms with Crippen LogP contribution < -0.4 is 0 Å². The van der Waals surface area contributed by atoms with Crippen molar-refractivity contribution < 1.29 is 4.74 Å². The molecule has 5 heteroatoms. The number of aromatic amines is 1. The quantitative estimate of drug-likeness (QED) is 0.495. The minimum atomic E-state index is 0.332. The summed E-state index contributed by atoms with van der Waals surface area (Å²) in [6, 6.07) is 1.90. The van der Waals surface area contributed by atoms with Crippen molar-refractivity contribution >= 4 is 12.2 Å². The third kappa shape index (κ3) is 1.55. The number of nitrogens with one attached hydrogen (secondary N) is 1. The summed E-state index contributed by atoms with van der Waals surface area (Å²) in [5.74, 6) is 0.342. The third-order valence-electron chi connectivity index (χ3n) is 1.01. The van der Waals surface area contributed by atoms with Crippen molar-refractivity contribution in [2.24, 2.45) is 4.99 Å². The Hall–Kier alpha value is -1.83. The summed E-state index contributed by atoms with van der Waals surface area (Å²) in [7, 11) is 1.47. The van der Waals surface area contributed by atoms with Crippen molar-refractivity contribution in [3.05, 3.63) is 12.0 Å². The van der Waals surface area contributed by atoms with Crippen LogP contribution in [0.3, 0.4) is 0 Å². The Morgan fingerprint density at radius 3 is 3.36 bits per heavy atom. The molecule has 0 bridgehead atoms. The molecule has 0 unspecified atom stereocenters. The second-order valence-electron chi connectivity index (χ2n) is 1.68. The molecule has 0 radical (unpaired) electrons. The predicted molar refractivity (Wildman–Crippen MR) is 38.5 cm³/mol. The van der Waals surface area contributed by atoms with Gasteiger partial charge < -0.3 is 9.72 Å². The van der Waals surface area contributed by atoms with Crippen LogP contribution in [0.4, 0.5) is 5.82 Å². The SMILES string of the molecule is CO/C=N/c1nc[nH]c1C#N. The number of hydrogen-bond acceptors (Lipinski definition) is 4. The van der Waals surface area contributed by atoms with E-state index >= 15 is 0 Å². The average Bonchev–Trinajstić information content (AvgIpc) is 2.47. The molecule has 0 aliphatic carbocycles. The summed E-state index contributed by atoms with van der Waals surface area (Å²) < 4.78 is 4.56. The van der Waals surface area contributed by atoms with Crippen molar-refractivity contribution in [2.75, 3.05) is 7.11 Å². The molecular formula is C6H6N4O. The molecule has 0 saturated carbocycles. The highest BCUT2D eigenvalue weighted by Gasteiger charge is 1.99. The molecule has 0 aliphatic rings. The maximum Gasteiger partial charge on any atom is 0.191 e. The molecule has 0 atom stereocenters. The fourth-order valence-corrected chi connectivity index (χ4v) is 0.570. The zero-order chi connectivity index (χ0) is 8.10. The Kier molecular flexibility index (Phi) is 2.23. The zero-order valence-electron chi connectivity index (χ0n) is 5.90. The second-order valence-corrected chi connectivity index (χ2v) is 1.68. The highest BCUT2D eigenvalue weighted by molar-refractivity contribution is 5.56. The number of nitriles is 1. The molecule has 1 aromatic rings. The Morgan fingerprint density at radius 1 is 1.91 bits per heavy atom. The van der Waals surface area contributed by atoms with Crippen molar-refractivity contribution in [3.63, 3.8) is 0 Å². The van der Waals surface area contributed by atoms with E-state index in [1.165, 1.54) is 19.8 Å². The predicted octanol–water partition coefficient (Wildman–Crippen LogP) is 0.588. The van der Waals surface area contributed by atoms with Crippen molar-refractivity contribution in [1.82, 2.24) is 9.97 Å². The molecule has 0 saturated heterocycles. The topological polar surface area (TPSA) is 74.1 Å². The molecule has 0 aromatic carbocycles. The van der Waals surface area contributed by atoms with Gasteiger partial charge in [-0.05, 0) is 0 Å². The molecule has 56 valence electrons. The van der Waals surface area contributed by atoms with Crippen LogP contribution in [0.15, 0.2) is 11.3 Å². The molecule has 5 nitrogen and oxygen atoms in total. The van der Waals surface area contributed by atoms with Gasteiger partial charge in [0, 0.05) is 0 Å². The van der Waals surface area contributed by atoms with Gasteiger partial charge in [0.05, 0.1) is 13.4 Å². The van der Waals surface area contributed by atoms with Gasteiger partial charge in [0.2, 0.25) is 0 Å². The first-order valence-corrected chi connectivity index (χ1v) is 2.87. The minimum Gasteiger partial charge on any atom is -0.486 e. The Bertz CT molecular complexity index is 296. The molecule has 0 fully saturated rings. The number of nitrogens with zero attached hydrogens (tertiary/aromatic N) is 3. The first kappa shape index (κ1) is 7.28. The molecule has 11 heavy (non-hydrogen) atoms. The van der Waals surface area contributed by atoms with Gasteiger partial charge in [-0.25, -0.2) is 4.98 Å². The Morgan fingerprint density at radius 2 is 2.73 bits per heavy atom. The minimum absolute atomic E-state index is 0.332. The van der Waals surface area contributed by atoms with E-state index in [0.29, 0.717) is 11.5 Å². The number of methoxy groups -OCH3 is 1. The maximum atomic E-state index is 8.47. The van der Waals surface area contributed by atoms with E-state index in [9.17, 15) is 0 Å². The van der Waals surface area contributed by atoms with Crippen LogP contribution in [0.2, 0.25) is 0 Å². The lowest BCUT2D eigenvalue weighted by Crippen LogP contribution is -1.77. The van der Waals surface area contributed by atoms with E-state index < -0.39 is 0 Å². The number of ether oxygens (including phenoxy) is 1. The fraction of sp³-hybridized carbons (Fsp3) is 0.167. The van der Waals surface area contributed by atoms with Crippen molar-refractivity contribution in [3.8, 4) is 6.07 Å². The van der Waals surface area contributed by atoms with Crippen LogP contribution in [0.1, 0.15) is 5.69 Å². The summed E-state index contributed by atoms with van der Waals surface area (Å²) in [6.07, 6.45) is 2.62. The lowest BCUT2D eigenvalue weighted by molar-refractivity contribution is 0.423. The Balaban J connectivity index is 2.87. The van der Waals surface area contributed by atoms with Gasteiger partial charge in [0.15, 0.2) is 17.9 Å². The van der Waals surface area contributed by atoms with Crippen LogP contribution in [0, 0.1) is 11.3 Å². The van der Waals surface area contributed by atoms with Crippen LogP contribution in [-0.4, -0.2) is 23.5 Å². The zero-order valence-corrected chi connectivity index (χ0v) is 5.90. The van der Waals surface area contributed by atoms with Gasteiger partial charge >= 0.3 is 0 Å². The van der Waals surface area contributed by atoms with E-state index in [2.05, 4.69) is 19.7 Å². The molecule has 1 N–H and O–H groups in total. The number of H-pyrrole nitrogens is 1. The first-order chi connectivity index (χ1) is 5.38. The molecule has 0 spiro atoms. The van der Waals surface area contributed by atoms with Gasteiger partial charge in [-0.3, -0.25) is 0 Å². The van der Waals surface area contributed by atoms with Crippen LogP contribution in [0.5, 0.6) is 0 Å². The summed E-state index contributed by atoms with van der Waals surface area (Å²) in [4.78, 5) is 10.1. The molecule has 0 aliphatic heterocycles. The van der Waals surface area contributed by atoms with E-state index in [-0.39, 0.29) is 0 Å². The highest BCUT2D eigenvalue weighted by Crippen LogP contribution is 2.10. The fourth-order valence-electron chi connectivity index (χ4n) is 0.570. The standard InChI is InChI=1S/C6H6N4O/c1-11-4-10-6-5(2-7)8-3-9-6/h3-4H,1H3,(H,8,9)/b10-4+. The summed E-state index contributed by atoms with van der Waals surface area (Å²) in [5.41, 5.74) is 0.332. The van der Waals surface area contributed by atoms with E-state index in [1.54, 1.807) is 0 Å². The maximum absolute atomic E-state index is 8.47. The van der Waals surface area contributed by atoms with Gasteiger partial charge in [-0.2, -0.15) is 10.3 Å². The number of aliphatic imine (C=N–C) groups is 1. The van der Waals surface area contributed by atoms with Gasteiger partial charge in [0.25, 0.3) is 0 Å². The van der Waals surface area contributed by atoms with Gasteiger partial charge in [-0.1, -0.05) is 0 Å². The number of rotatable bonds is 2. The molecule has 1 rings (SSSR count). The largest absolute Gasteiger partial charge is 0.486 e. The van der Waals surface area contributed by atoms with Crippen molar-refractivity contribution in [1.29, 1.82) is 5.26 Å². The van der Waals surface area contributed by atoms with Crippen molar-refractivity contribution in [2.45, 2.75) is 0 Å². The lowest BCUT2D eigenvalue weighted by Gasteiger charge is -1.84. The van der Waals surface area contributed by atoms with Crippen LogP contribution in [-0.2, 0) is 4.74 Å². The van der Waals surface area contributed by atoms with E-state index in [4.69, 9.17) is 5.26 Å². The summed E-state index contributed by atoms with van der Waals surface area (Å²) in [6.45, 7) is 0. The number of imidazole rings is 1. The monoisotopic (exact) mass is 150 g/mol. The number of hydrogen-bond donors (Lipinski definition) is 1. The van der Waals surface area contributed by atoms with E-state index in [0.717, 1.165) is 0 Å². The molecular weight excluding hydrogens is 144 g/mol. The molecule has 1 heterocycles. The summed E-state index contributed by atoms with van der Waals surface area (Å²) in [5, 5.41) is 8.47. The van der Waals surface area contributed by atoms with Crippen LogP contribution in [0.25, 0.3) is 0 Å². The van der Waals surface area contributed by atoms with E-state index in [1.807, 2.05) is 6.07 Å². The normalized spacial score (nSPS) is 9.82. The molecule has 0 amide bonds. The smallest absolute Gasteiger partial charge is 0.191 e.